The van der Waals surface area contributed by atoms with Gasteiger partial charge in [0.1, 0.15) is 25.7 Å². The van der Waals surface area contributed by atoms with Crippen LogP contribution < -0.4 is 5.73 Å². The molecular weight excluding hydrogens is 514 g/mol. The van der Waals surface area contributed by atoms with Gasteiger partial charge in [-0.15, -0.1) is 0 Å². The predicted octanol–water partition coefficient (Wildman–Crippen LogP) is 3.06. The van der Waals surface area contributed by atoms with Crippen molar-refractivity contribution in [1.82, 2.24) is 0 Å². The number of nitrogens with two attached hydrogens (primary N) is 1. The predicted molar refractivity (Wildman–Crippen MR) is 139 cm³/mol. The number of hydrogen-bond acceptors (Lipinski definition) is 11. The number of rotatable bonds is 16. The summed E-state index contributed by atoms with van der Waals surface area (Å²) in [7, 11) is 0. The van der Waals surface area contributed by atoms with Crippen LogP contribution in [0.3, 0.4) is 0 Å². The molecule has 2 atom stereocenters. The first-order valence-corrected chi connectivity index (χ1v) is 12.6. The smallest absolute Gasteiger partial charge is 0.404 e. The summed E-state index contributed by atoms with van der Waals surface area (Å²) < 4.78 is 26.5. The van der Waals surface area contributed by atoms with Crippen LogP contribution >= 0.6 is 0 Å². The molecule has 1 amide bonds. The first-order valence-electron chi connectivity index (χ1n) is 12.6. The van der Waals surface area contributed by atoms with Gasteiger partial charge in [0, 0.05) is 37.0 Å². The second-order valence-corrected chi connectivity index (χ2v) is 8.56. The minimum Gasteiger partial charge on any atom is -0.463 e. The molecule has 0 radical (unpaired) electrons. The average molecular weight is 550 g/mol. The molecule has 2 rings (SSSR count). The van der Waals surface area contributed by atoms with Crippen LogP contribution in [0.5, 0.6) is 0 Å². The number of non-ortho nitro benzene ring substituents is 1. The molecule has 0 saturated heterocycles. The Morgan fingerprint density at radius 3 is 2.21 bits per heavy atom. The summed E-state index contributed by atoms with van der Waals surface area (Å²) in [6, 6.07) is 5.54. The summed E-state index contributed by atoms with van der Waals surface area (Å²) in [4.78, 5) is 53.4. The van der Waals surface area contributed by atoms with E-state index in [0.717, 1.165) is 12.8 Å². The molecule has 1 heterocycles. The van der Waals surface area contributed by atoms with Crippen LogP contribution in [0.25, 0.3) is 0 Å². The highest BCUT2D eigenvalue weighted by atomic mass is 16.6. The fourth-order valence-electron chi connectivity index (χ4n) is 3.98. The maximum Gasteiger partial charge on any atom is 0.404 e. The van der Waals surface area contributed by atoms with E-state index in [2.05, 4.69) is 4.99 Å². The highest BCUT2D eigenvalue weighted by molar-refractivity contribution is 6.07. The first-order chi connectivity index (χ1) is 18.7. The van der Waals surface area contributed by atoms with Gasteiger partial charge in [0.25, 0.3) is 5.69 Å². The monoisotopic (exact) mass is 549 g/mol. The number of nitro groups is 1. The molecule has 0 spiro atoms. The molecule has 13 heteroatoms. The summed E-state index contributed by atoms with van der Waals surface area (Å²) in [5, 5.41) is 11.5. The average Bonchev–Trinajstić information content (AvgIpc) is 2.90. The number of carbonyl (C=O) groups is 3. The van der Waals surface area contributed by atoms with E-state index in [1.807, 2.05) is 13.8 Å². The van der Waals surface area contributed by atoms with E-state index in [-0.39, 0.29) is 54.7 Å². The van der Waals surface area contributed by atoms with Crippen LogP contribution in [-0.2, 0) is 33.3 Å². The van der Waals surface area contributed by atoms with Gasteiger partial charge in [-0.25, -0.2) is 9.59 Å². The molecule has 0 saturated carbocycles. The van der Waals surface area contributed by atoms with Gasteiger partial charge in [-0.3, -0.25) is 19.9 Å². The number of primary amides is 1. The number of amides is 1. The molecule has 2 unspecified atom stereocenters. The zero-order chi connectivity index (χ0) is 28.8. The lowest BCUT2D eigenvalue weighted by molar-refractivity contribution is -0.384. The number of nitrogens with zero attached hydrogens (tertiary/aromatic N) is 2. The Morgan fingerprint density at radius 2 is 1.62 bits per heavy atom. The van der Waals surface area contributed by atoms with Crippen LogP contribution in [0.15, 0.2) is 40.5 Å². The Balaban J connectivity index is 2.53. The third-order valence-electron chi connectivity index (χ3n) is 5.61. The molecule has 2 N–H and O–H groups in total. The maximum absolute atomic E-state index is 13.4. The standard InChI is InChI=1S/C26H35N3O10/c1-4-9-35-11-13-37-24(30)21-17(3)28-20(16-39-26(27)32)23(25(31)38-14-12-36-10-5-2)22(21)18-7-6-8-19(15-18)29(33)34/h6-8,15,21-22H,4-5,9-14,16H2,1-3H3,(H2,27,32). The van der Waals surface area contributed by atoms with E-state index in [4.69, 9.17) is 29.4 Å². The minimum atomic E-state index is -1.13. The van der Waals surface area contributed by atoms with Crippen molar-refractivity contribution in [3.8, 4) is 0 Å². The second-order valence-electron chi connectivity index (χ2n) is 8.56. The Labute approximate surface area is 226 Å². The van der Waals surface area contributed by atoms with Crippen LogP contribution in [0.2, 0.25) is 0 Å². The number of esters is 2. The molecule has 13 nitrogen and oxygen atoms in total. The number of hydrogen-bond donors (Lipinski definition) is 1. The Hall–Kier alpha value is -3.84. The summed E-state index contributed by atoms with van der Waals surface area (Å²) in [6.45, 7) is 6.09. The van der Waals surface area contributed by atoms with Crippen molar-refractivity contribution < 1.29 is 43.0 Å². The molecule has 1 aromatic carbocycles. The van der Waals surface area contributed by atoms with Gasteiger partial charge in [0.2, 0.25) is 0 Å². The zero-order valence-corrected chi connectivity index (χ0v) is 22.4. The fourth-order valence-corrected chi connectivity index (χ4v) is 3.98. The van der Waals surface area contributed by atoms with Crippen molar-refractivity contribution >= 4 is 29.4 Å². The van der Waals surface area contributed by atoms with Crippen LogP contribution in [0.4, 0.5) is 10.5 Å². The van der Waals surface area contributed by atoms with Crippen molar-refractivity contribution in [1.29, 1.82) is 0 Å². The van der Waals surface area contributed by atoms with E-state index in [1.165, 1.54) is 18.2 Å². The summed E-state index contributed by atoms with van der Waals surface area (Å²) in [5.74, 6) is -3.79. The zero-order valence-electron chi connectivity index (χ0n) is 22.4. The lowest BCUT2D eigenvalue weighted by atomic mass is 9.75. The normalized spacial score (nSPS) is 16.8. The first kappa shape index (κ1) is 31.4. The van der Waals surface area contributed by atoms with Gasteiger partial charge in [0.15, 0.2) is 0 Å². The third-order valence-corrected chi connectivity index (χ3v) is 5.61. The van der Waals surface area contributed by atoms with Crippen LogP contribution in [0, 0.1) is 16.0 Å². The van der Waals surface area contributed by atoms with Gasteiger partial charge < -0.3 is 29.4 Å². The van der Waals surface area contributed by atoms with Gasteiger partial charge in [0.05, 0.1) is 29.4 Å². The number of ether oxygens (including phenoxy) is 5. The van der Waals surface area contributed by atoms with Crippen LogP contribution in [-0.4, -0.2) is 74.9 Å². The molecule has 1 aliphatic rings. The van der Waals surface area contributed by atoms with E-state index in [9.17, 15) is 24.5 Å². The van der Waals surface area contributed by atoms with Crippen molar-refractivity contribution in [3.63, 3.8) is 0 Å². The highest BCUT2D eigenvalue weighted by Crippen LogP contribution is 2.41. The Kier molecular flexibility index (Phi) is 13.0. The largest absolute Gasteiger partial charge is 0.463 e. The lowest BCUT2D eigenvalue weighted by Crippen LogP contribution is -2.38. The molecular formula is C26H35N3O10. The number of nitro benzene ring substituents is 1. The molecule has 1 aromatic rings. The topological polar surface area (TPSA) is 179 Å². The Bertz CT molecular complexity index is 1090. The highest BCUT2D eigenvalue weighted by Gasteiger charge is 2.44. The molecule has 214 valence electrons. The molecule has 0 aliphatic carbocycles. The molecule has 39 heavy (non-hydrogen) atoms. The molecule has 1 aliphatic heterocycles. The van der Waals surface area contributed by atoms with Crippen molar-refractivity contribution in [2.24, 2.45) is 16.6 Å². The van der Waals surface area contributed by atoms with E-state index >= 15 is 0 Å². The number of carbonyl (C=O) groups excluding carboxylic acids is 3. The number of aliphatic imine (C=N–C) groups is 1. The van der Waals surface area contributed by atoms with E-state index in [0.29, 0.717) is 13.2 Å². The fraction of sp³-hybridized carbons (Fsp3) is 0.538. The van der Waals surface area contributed by atoms with Crippen molar-refractivity contribution in [3.05, 3.63) is 51.2 Å². The van der Waals surface area contributed by atoms with Gasteiger partial charge in [-0.2, -0.15) is 0 Å². The molecule has 0 bridgehead atoms. The minimum absolute atomic E-state index is 0.00221. The SMILES string of the molecule is CCCOCCOC(=O)C1=C(COC(N)=O)N=C(C)C(C(=O)OCCOCCC)C1c1cccc([N+](=O)[O-])c1. The van der Waals surface area contributed by atoms with Gasteiger partial charge in [-0.1, -0.05) is 26.0 Å². The molecule has 0 fully saturated rings. The lowest BCUT2D eigenvalue weighted by Gasteiger charge is -2.32. The van der Waals surface area contributed by atoms with Crippen molar-refractivity contribution in [2.45, 2.75) is 39.5 Å². The van der Waals surface area contributed by atoms with Gasteiger partial charge in [-0.05, 0) is 25.3 Å². The Morgan fingerprint density at radius 1 is 0.974 bits per heavy atom. The van der Waals surface area contributed by atoms with E-state index in [1.54, 1.807) is 13.0 Å². The molecule has 0 aromatic heterocycles. The summed E-state index contributed by atoms with van der Waals surface area (Å²) in [5.41, 5.74) is 5.29. The second kappa shape index (κ2) is 16.2. The van der Waals surface area contributed by atoms with E-state index < -0.39 is 41.4 Å². The van der Waals surface area contributed by atoms with Gasteiger partial charge >= 0.3 is 18.0 Å². The number of benzene rings is 1. The van der Waals surface area contributed by atoms with Crippen molar-refractivity contribution in [2.75, 3.05) is 46.2 Å². The quantitative estimate of drug-likeness (QED) is 0.106. The summed E-state index contributed by atoms with van der Waals surface area (Å²) in [6.07, 6.45) is 0.480. The maximum atomic E-state index is 13.4. The third kappa shape index (κ3) is 9.45. The van der Waals surface area contributed by atoms with Crippen LogP contribution in [0.1, 0.15) is 45.1 Å². The summed E-state index contributed by atoms with van der Waals surface area (Å²) >= 11 is 0.